The molecule has 102 valence electrons. The highest BCUT2D eigenvalue weighted by Gasteiger charge is 2.29. The van der Waals surface area contributed by atoms with Crippen LogP contribution in [-0.2, 0) is 0 Å². The Labute approximate surface area is 113 Å². The van der Waals surface area contributed by atoms with Crippen molar-refractivity contribution >= 4 is 12.6 Å². The van der Waals surface area contributed by atoms with Gasteiger partial charge in [0, 0.05) is 5.25 Å². The van der Waals surface area contributed by atoms with Crippen molar-refractivity contribution < 1.29 is 5.11 Å². The fourth-order valence-corrected chi connectivity index (χ4v) is 3.58. The van der Waals surface area contributed by atoms with Gasteiger partial charge >= 0.3 is 0 Å². The van der Waals surface area contributed by atoms with Gasteiger partial charge in [-0.2, -0.15) is 12.6 Å². The second kappa shape index (κ2) is 7.68. The fourth-order valence-electron chi connectivity index (χ4n) is 3.19. The predicted molar refractivity (Wildman–Crippen MR) is 78.6 cm³/mol. The molecule has 1 nitrogen and oxygen atoms in total. The maximum absolute atomic E-state index is 9.83. The Bertz CT molecular complexity index is 199. The molecule has 1 fully saturated rings. The van der Waals surface area contributed by atoms with Crippen molar-refractivity contribution in [2.45, 2.75) is 77.1 Å². The summed E-state index contributed by atoms with van der Waals surface area (Å²) in [4.78, 5) is 0. The molecule has 1 N–H and O–H groups in total. The molecule has 0 bridgehead atoms. The zero-order valence-electron chi connectivity index (χ0n) is 11.7. The van der Waals surface area contributed by atoms with E-state index >= 15 is 0 Å². The third kappa shape index (κ3) is 4.82. The quantitative estimate of drug-likeness (QED) is 0.681. The van der Waals surface area contributed by atoms with Gasteiger partial charge in [-0.25, -0.2) is 0 Å². The van der Waals surface area contributed by atoms with Crippen molar-refractivity contribution in [3.05, 3.63) is 0 Å². The first kappa shape index (κ1) is 15.4. The smallest absolute Gasteiger partial charge is 0.0540 e. The average molecular weight is 258 g/mol. The molecule has 1 aliphatic carbocycles. The summed E-state index contributed by atoms with van der Waals surface area (Å²) < 4.78 is 0. The highest BCUT2D eigenvalue weighted by Crippen LogP contribution is 2.36. The van der Waals surface area contributed by atoms with Crippen LogP contribution in [0, 0.1) is 17.8 Å². The predicted octanol–water partition coefficient (Wildman–Crippen LogP) is 4.30. The first-order valence-corrected chi connectivity index (χ1v) is 7.94. The Balaban J connectivity index is 2.55. The molecule has 0 aromatic rings. The largest absolute Gasteiger partial charge is 0.393 e. The molecule has 1 aliphatic rings. The number of thiol groups is 1. The minimum atomic E-state index is -0.204. The van der Waals surface area contributed by atoms with Crippen molar-refractivity contribution in [3.8, 4) is 0 Å². The van der Waals surface area contributed by atoms with Crippen LogP contribution in [0.25, 0.3) is 0 Å². The molecular weight excluding hydrogens is 228 g/mol. The van der Waals surface area contributed by atoms with Crippen LogP contribution in [0.5, 0.6) is 0 Å². The Hall–Kier alpha value is 0.310. The van der Waals surface area contributed by atoms with E-state index < -0.39 is 0 Å². The minimum absolute atomic E-state index is 0.204. The molecule has 4 atom stereocenters. The number of hydrogen-bond donors (Lipinski definition) is 2. The van der Waals surface area contributed by atoms with Gasteiger partial charge in [0.1, 0.15) is 0 Å². The summed E-state index contributed by atoms with van der Waals surface area (Å²) in [5.41, 5.74) is 0. The first-order valence-electron chi connectivity index (χ1n) is 7.42. The lowest BCUT2D eigenvalue weighted by atomic mass is 9.75. The fraction of sp³-hybridized carbons (Fsp3) is 1.00. The average Bonchev–Trinajstić information content (AvgIpc) is 2.35. The number of aliphatic hydroxyl groups excluding tert-OH is 1. The molecule has 1 unspecified atom stereocenters. The summed E-state index contributed by atoms with van der Waals surface area (Å²) in [5, 5.41) is 10.3. The van der Waals surface area contributed by atoms with E-state index in [1.807, 2.05) is 6.92 Å². The zero-order valence-corrected chi connectivity index (χ0v) is 12.6. The van der Waals surface area contributed by atoms with E-state index in [0.29, 0.717) is 17.1 Å². The van der Waals surface area contributed by atoms with E-state index in [9.17, 15) is 5.11 Å². The van der Waals surface area contributed by atoms with Crippen LogP contribution in [0.2, 0.25) is 0 Å². The van der Waals surface area contributed by atoms with Crippen LogP contribution in [0.15, 0.2) is 0 Å². The molecule has 0 saturated heterocycles. The van der Waals surface area contributed by atoms with E-state index in [1.54, 1.807) is 0 Å². The molecule has 1 saturated carbocycles. The van der Waals surface area contributed by atoms with Crippen molar-refractivity contribution in [3.63, 3.8) is 0 Å². The van der Waals surface area contributed by atoms with E-state index in [2.05, 4.69) is 13.8 Å². The Morgan fingerprint density at radius 3 is 2.24 bits per heavy atom. The van der Waals surface area contributed by atoms with Crippen LogP contribution >= 0.6 is 12.6 Å². The zero-order chi connectivity index (χ0) is 12.8. The van der Waals surface area contributed by atoms with E-state index in [4.69, 9.17) is 12.6 Å². The molecule has 0 aromatic carbocycles. The molecule has 1 rings (SSSR count). The van der Waals surface area contributed by atoms with Gasteiger partial charge in [0.2, 0.25) is 0 Å². The van der Waals surface area contributed by atoms with E-state index in [0.717, 1.165) is 12.3 Å². The lowest BCUT2D eigenvalue weighted by Gasteiger charge is -2.34. The lowest BCUT2D eigenvalue weighted by molar-refractivity contribution is 0.0834. The Kier molecular flexibility index (Phi) is 6.94. The maximum Gasteiger partial charge on any atom is 0.0540 e. The molecule has 0 heterocycles. The molecule has 17 heavy (non-hydrogen) atoms. The highest BCUT2D eigenvalue weighted by molar-refractivity contribution is 7.81. The first-order chi connectivity index (χ1) is 8.06. The van der Waals surface area contributed by atoms with E-state index in [-0.39, 0.29) is 6.10 Å². The van der Waals surface area contributed by atoms with Gasteiger partial charge in [-0.3, -0.25) is 0 Å². The summed E-state index contributed by atoms with van der Waals surface area (Å²) in [6, 6.07) is 0. The van der Waals surface area contributed by atoms with Gasteiger partial charge in [-0.05, 0) is 37.5 Å². The van der Waals surface area contributed by atoms with Crippen molar-refractivity contribution in [2.75, 3.05) is 0 Å². The summed E-state index contributed by atoms with van der Waals surface area (Å²) >= 11 is 4.75. The molecule has 0 radical (unpaired) electrons. The van der Waals surface area contributed by atoms with Crippen LogP contribution in [-0.4, -0.2) is 16.5 Å². The standard InChI is InChI=1S/C15H30OS/c1-4-15(17)14(11(2)12(3)16)10-13-8-6-5-7-9-13/h11-17H,4-10H2,1-3H3/t11-,12+,14+,15?/m1/s1. The molecule has 2 heteroatoms. The van der Waals surface area contributed by atoms with Crippen molar-refractivity contribution in [1.29, 1.82) is 0 Å². The normalized spacial score (nSPS) is 25.2. The van der Waals surface area contributed by atoms with Gasteiger partial charge in [0.05, 0.1) is 6.10 Å². The summed E-state index contributed by atoms with van der Waals surface area (Å²) in [5.74, 6) is 1.84. The monoisotopic (exact) mass is 258 g/mol. The molecule has 0 aromatic heterocycles. The van der Waals surface area contributed by atoms with E-state index in [1.165, 1.54) is 38.5 Å². The highest BCUT2D eigenvalue weighted by atomic mass is 32.1. The maximum atomic E-state index is 9.83. The Morgan fingerprint density at radius 1 is 1.18 bits per heavy atom. The van der Waals surface area contributed by atoms with Crippen molar-refractivity contribution in [1.82, 2.24) is 0 Å². The third-order valence-corrected chi connectivity index (χ3v) is 5.43. The molecular formula is C15H30OS. The topological polar surface area (TPSA) is 20.2 Å². The SMILES string of the molecule is CCC(S)[C@@H](CC1CCCCC1)[C@H](C)[C@H](C)O. The number of aliphatic hydroxyl groups is 1. The van der Waals surface area contributed by atoms with Crippen LogP contribution < -0.4 is 0 Å². The Morgan fingerprint density at radius 2 is 1.76 bits per heavy atom. The van der Waals surface area contributed by atoms with Crippen LogP contribution in [0.1, 0.15) is 65.7 Å². The molecule has 0 spiro atoms. The summed E-state index contributed by atoms with van der Waals surface area (Å²) in [7, 11) is 0. The van der Waals surface area contributed by atoms with Crippen LogP contribution in [0.3, 0.4) is 0 Å². The second-order valence-corrected chi connectivity index (χ2v) is 6.64. The third-order valence-electron chi connectivity index (χ3n) is 4.68. The number of rotatable bonds is 6. The van der Waals surface area contributed by atoms with Gasteiger partial charge in [-0.1, -0.05) is 46.0 Å². The van der Waals surface area contributed by atoms with Gasteiger partial charge in [0.15, 0.2) is 0 Å². The lowest BCUT2D eigenvalue weighted by Crippen LogP contribution is -2.31. The second-order valence-electron chi connectivity index (χ2n) is 5.98. The summed E-state index contributed by atoms with van der Waals surface area (Å²) in [6.45, 7) is 6.33. The molecule has 0 aliphatic heterocycles. The van der Waals surface area contributed by atoms with Gasteiger partial charge < -0.3 is 5.11 Å². The van der Waals surface area contributed by atoms with Crippen molar-refractivity contribution in [2.24, 2.45) is 17.8 Å². The van der Waals surface area contributed by atoms with Gasteiger partial charge in [0.25, 0.3) is 0 Å². The number of hydrogen-bond acceptors (Lipinski definition) is 2. The van der Waals surface area contributed by atoms with Gasteiger partial charge in [-0.15, -0.1) is 0 Å². The van der Waals surface area contributed by atoms with Crippen LogP contribution in [0.4, 0.5) is 0 Å². The summed E-state index contributed by atoms with van der Waals surface area (Å²) in [6.07, 6.45) is 9.20. The molecule has 0 amide bonds. The minimum Gasteiger partial charge on any atom is -0.393 e.